The molecule has 39 heavy (non-hydrogen) atoms. The van der Waals surface area contributed by atoms with Crippen LogP contribution in [0, 0.1) is 0 Å². The third-order valence-electron chi connectivity index (χ3n) is 5.55. The molecular formula is C27H39N3O8S. The fraction of sp³-hybridized carbons (Fsp3) is 0.593. The number of nitrogens with zero attached hydrogens (tertiary/aromatic N) is 2. The molecule has 1 amide bonds. The van der Waals surface area contributed by atoms with Crippen LogP contribution in [0.25, 0.3) is 0 Å². The number of thioether (sulfide) groups is 1. The van der Waals surface area contributed by atoms with Crippen molar-refractivity contribution >= 4 is 34.2 Å². The minimum atomic E-state index is -1.05. The van der Waals surface area contributed by atoms with Crippen molar-refractivity contribution in [2.24, 2.45) is 9.98 Å². The fourth-order valence-electron chi connectivity index (χ4n) is 3.44. The molecule has 1 unspecified atom stereocenters. The van der Waals surface area contributed by atoms with Crippen LogP contribution in [-0.4, -0.2) is 87.0 Å². The average Bonchev–Trinajstić information content (AvgIpc) is 3.33. The van der Waals surface area contributed by atoms with Gasteiger partial charge in [-0.3, -0.25) is 19.6 Å². The molecule has 0 aliphatic carbocycles. The Morgan fingerprint density at radius 1 is 1.28 bits per heavy atom. The number of rotatable bonds is 19. The van der Waals surface area contributed by atoms with Crippen LogP contribution in [-0.2, 0) is 23.8 Å². The summed E-state index contributed by atoms with van der Waals surface area (Å²) in [7, 11) is 1.60. The Kier molecular flexibility index (Phi) is 14.1. The van der Waals surface area contributed by atoms with E-state index in [2.05, 4.69) is 21.9 Å². The first-order chi connectivity index (χ1) is 18.7. The summed E-state index contributed by atoms with van der Waals surface area (Å²) in [6, 6.07) is 2.33. The number of hydrogen-bond donors (Lipinski definition) is 1. The van der Waals surface area contributed by atoms with Crippen LogP contribution in [0.1, 0.15) is 45.4 Å². The zero-order chi connectivity index (χ0) is 28.7. The molecule has 1 aliphatic heterocycles. The number of aliphatic imine (C=N–C) groups is 2. The van der Waals surface area contributed by atoms with Gasteiger partial charge in [-0.25, -0.2) is 4.79 Å². The number of carbonyl (C=O) groups is 2. The first kappa shape index (κ1) is 32.4. The lowest BCUT2D eigenvalue weighted by Gasteiger charge is -2.24. The molecule has 0 aromatic carbocycles. The van der Waals surface area contributed by atoms with E-state index in [4.69, 9.17) is 23.4 Å². The van der Waals surface area contributed by atoms with Crippen LogP contribution in [0.2, 0.25) is 0 Å². The Morgan fingerprint density at radius 2 is 2.03 bits per heavy atom. The number of amides is 1. The Hall–Kier alpha value is -2.80. The Morgan fingerprint density at radius 3 is 2.74 bits per heavy atom. The highest BCUT2D eigenvalue weighted by Gasteiger charge is 2.40. The summed E-state index contributed by atoms with van der Waals surface area (Å²) < 4.78 is 26.3. The van der Waals surface area contributed by atoms with Gasteiger partial charge in [-0.15, -0.1) is 11.8 Å². The van der Waals surface area contributed by atoms with Crippen molar-refractivity contribution in [3.8, 4) is 5.75 Å². The van der Waals surface area contributed by atoms with Crippen LogP contribution in [0.3, 0.4) is 0 Å². The number of methoxy groups -OCH3 is 1. The maximum atomic E-state index is 13.3. The molecule has 0 saturated heterocycles. The Bertz CT molecular complexity index is 1090. The van der Waals surface area contributed by atoms with Gasteiger partial charge >= 0.3 is 5.63 Å². The number of carbonyl (C=O) groups excluding carboxylic acids is 2. The van der Waals surface area contributed by atoms with Crippen molar-refractivity contribution in [3.05, 3.63) is 41.0 Å². The van der Waals surface area contributed by atoms with Gasteiger partial charge in [0.2, 0.25) is 5.91 Å². The number of ketones is 1. The van der Waals surface area contributed by atoms with Gasteiger partial charge in [-0.1, -0.05) is 26.0 Å². The number of nitrogens with one attached hydrogen (secondary N) is 1. The summed E-state index contributed by atoms with van der Waals surface area (Å²) in [5.41, 5.74) is -1.03. The monoisotopic (exact) mass is 565 g/mol. The van der Waals surface area contributed by atoms with Crippen LogP contribution in [0.15, 0.2) is 44.0 Å². The van der Waals surface area contributed by atoms with E-state index in [-0.39, 0.29) is 31.4 Å². The summed E-state index contributed by atoms with van der Waals surface area (Å²) in [6.07, 6.45) is 2.88. The third kappa shape index (κ3) is 11.1. The van der Waals surface area contributed by atoms with Crippen molar-refractivity contribution in [3.63, 3.8) is 0 Å². The quantitative estimate of drug-likeness (QED) is 0.152. The molecule has 2 heterocycles. The van der Waals surface area contributed by atoms with Gasteiger partial charge in [0.15, 0.2) is 5.78 Å². The molecule has 12 heteroatoms. The molecule has 0 radical (unpaired) electrons. The van der Waals surface area contributed by atoms with Crippen LogP contribution in [0.5, 0.6) is 5.75 Å². The third-order valence-corrected chi connectivity index (χ3v) is 6.92. The van der Waals surface area contributed by atoms with E-state index in [0.29, 0.717) is 60.9 Å². The second-order valence-electron chi connectivity index (χ2n) is 9.01. The minimum Gasteiger partial charge on any atom is -0.489 e. The molecule has 11 nitrogen and oxygen atoms in total. The van der Waals surface area contributed by atoms with E-state index in [0.717, 1.165) is 6.42 Å². The molecule has 0 fully saturated rings. The second kappa shape index (κ2) is 17.0. The summed E-state index contributed by atoms with van der Waals surface area (Å²) in [5, 5.41) is 3.59. The fourth-order valence-corrected chi connectivity index (χ4v) is 4.59. The Balaban J connectivity index is 1.97. The van der Waals surface area contributed by atoms with Crippen molar-refractivity contribution in [1.82, 2.24) is 5.32 Å². The molecule has 2 rings (SSSR count). The van der Waals surface area contributed by atoms with E-state index < -0.39 is 17.2 Å². The first-order valence-electron chi connectivity index (χ1n) is 12.8. The van der Waals surface area contributed by atoms with Gasteiger partial charge in [0.1, 0.15) is 41.9 Å². The molecule has 1 aliphatic rings. The molecule has 0 spiro atoms. The highest BCUT2D eigenvalue weighted by Crippen LogP contribution is 2.30. The maximum absolute atomic E-state index is 13.3. The average molecular weight is 566 g/mol. The normalized spacial score (nSPS) is 17.9. The van der Waals surface area contributed by atoms with Gasteiger partial charge in [-0.2, -0.15) is 0 Å². The standard InChI is InChI=1S/C27H39N3O8S/c1-6-8-22(23-14-21(37-9-7-2)15-24(32)38-23)29-26(33)27(4)18-39-25(30-27)19(3)28-16-20(31)17-36-13-12-35-11-10-34-5/h7,14-15,22H,2,6,8-13,16-18H2,1,3-5H3,(H,29,33)/b28-19+/t22-,27?/m1/s1. The lowest BCUT2D eigenvalue weighted by atomic mass is 10.0. The van der Waals surface area contributed by atoms with E-state index in [1.54, 1.807) is 33.1 Å². The van der Waals surface area contributed by atoms with Gasteiger partial charge in [0, 0.05) is 18.9 Å². The van der Waals surface area contributed by atoms with Crippen LogP contribution in [0.4, 0.5) is 0 Å². The minimum absolute atomic E-state index is 0.0409. The van der Waals surface area contributed by atoms with Crippen LogP contribution < -0.4 is 15.7 Å². The lowest BCUT2D eigenvalue weighted by Crippen LogP contribution is -2.45. The Labute approximate surface area is 233 Å². The second-order valence-corrected chi connectivity index (χ2v) is 9.97. The van der Waals surface area contributed by atoms with Crippen LogP contribution >= 0.6 is 11.8 Å². The zero-order valence-electron chi connectivity index (χ0n) is 23.2. The largest absolute Gasteiger partial charge is 0.489 e. The first-order valence-corrected chi connectivity index (χ1v) is 13.8. The van der Waals surface area contributed by atoms with Gasteiger partial charge in [-0.05, 0) is 20.3 Å². The molecular weight excluding hydrogens is 526 g/mol. The van der Waals surface area contributed by atoms with E-state index in [1.165, 1.54) is 17.8 Å². The maximum Gasteiger partial charge on any atom is 0.339 e. The summed E-state index contributed by atoms with van der Waals surface area (Å²) in [5.74, 6) is 0.607. The predicted octanol–water partition coefficient (Wildman–Crippen LogP) is 2.78. The number of Topliss-reactive ketones (excluding diaryl/α,β-unsaturated/α-hetero) is 1. The summed E-state index contributed by atoms with van der Waals surface area (Å²) in [4.78, 5) is 46.5. The van der Waals surface area contributed by atoms with E-state index in [1.807, 2.05) is 6.92 Å². The highest BCUT2D eigenvalue weighted by molar-refractivity contribution is 8.16. The topological polar surface area (TPSA) is 138 Å². The summed E-state index contributed by atoms with van der Waals surface area (Å²) in [6.45, 7) is 10.9. The van der Waals surface area contributed by atoms with Crippen molar-refractivity contribution in [2.45, 2.75) is 45.2 Å². The lowest BCUT2D eigenvalue weighted by molar-refractivity contribution is -0.126. The zero-order valence-corrected chi connectivity index (χ0v) is 24.0. The molecule has 1 aromatic heterocycles. The molecule has 0 saturated carbocycles. The van der Waals surface area contributed by atoms with Crippen molar-refractivity contribution in [2.75, 3.05) is 59.0 Å². The van der Waals surface area contributed by atoms with E-state index in [9.17, 15) is 14.4 Å². The molecule has 0 bridgehead atoms. The predicted molar refractivity (Wildman–Crippen MR) is 151 cm³/mol. The SMILES string of the molecule is C=CCOc1cc([C@@H](CCC)NC(=O)C2(C)CSC(/C(C)=N/CC(=O)COCCOCCOC)=N2)oc(=O)c1. The number of ether oxygens (including phenoxy) is 4. The molecule has 1 aromatic rings. The van der Waals surface area contributed by atoms with Gasteiger partial charge in [0.25, 0.3) is 0 Å². The van der Waals surface area contributed by atoms with Crippen molar-refractivity contribution < 1.29 is 33.0 Å². The smallest absolute Gasteiger partial charge is 0.339 e. The van der Waals surface area contributed by atoms with Gasteiger partial charge < -0.3 is 28.7 Å². The van der Waals surface area contributed by atoms with Crippen molar-refractivity contribution in [1.29, 1.82) is 0 Å². The van der Waals surface area contributed by atoms with Gasteiger partial charge in [0.05, 0.1) is 44.2 Å². The number of hydrogen-bond acceptors (Lipinski definition) is 11. The molecule has 216 valence electrons. The highest BCUT2D eigenvalue weighted by atomic mass is 32.2. The molecule has 2 atom stereocenters. The summed E-state index contributed by atoms with van der Waals surface area (Å²) >= 11 is 1.40. The molecule has 1 N–H and O–H groups in total. The van der Waals surface area contributed by atoms with E-state index >= 15 is 0 Å².